The molecule has 6 heteroatoms. The zero-order valence-electron chi connectivity index (χ0n) is 17.7. The highest BCUT2D eigenvalue weighted by molar-refractivity contribution is 5.93. The van der Waals surface area contributed by atoms with E-state index in [1.165, 1.54) is 0 Å². The van der Waals surface area contributed by atoms with Gasteiger partial charge in [0.15, 0.2) is 11.6 Å². The van der Waals surface area contributed by atoms with E-state index in [1.54, 1.807) is 12.4 Å². The van der Waals surface area contributed by atoms with Crippen molar-refractivity contribution in [3.8, 4) is 11.4 Å². The van der Waals surface area contributed by atoms with Gasteiger partial charge in [-0.2, -0.15) is 0 Å². The number of hydrogen-bond donors (Lipinski definition) is 1. The van der Waals surface area contributed by atoms with Crippen molar-refractivity contribution in [1.82, 2.24) is 19.5 Å². The molecule has 2 aromatic heterocycles. The fraction of sp³-hybridized carbons (Fsp3) is 0.200. The number of rotatable bonds is 8. The molecule has 0 aliphatic rings. The van der Waals surface area contributed by atoms with Gasteiger partial charge in [0.1, 0.15) is 0 Å². The average Bonchev–Trinajstić information content (AvgIpc) is 3.25. The third-order valence-electron chi connectivity index (χ3n) is 4.99. The average molecular weight is 412 g/mol. The second-order valence-electron chi connectivity index (χ2n) is 7.60. The fourth-order valence-electron chi connectivity index (χ4n) is 3.51. The van der Waals surface area contributed by atoms with Crippen LogP contribution in [0.25, 0.3) is 11.4 Å². The van der Waals surface area contributed by atoms with Crippen LogP contribution >= 0.6 is 0 Å². The molecule has 0 aliphatic heterocycles. The predicted molar refractivity (Wildman–Crippen MR) is 122 cm³/mol. The number of nitrogens with zero attached hydrogens (tertiary/aromatic N) is 4. The number of para-hydroxylation sites is 1. The van der Waals surface area contributed by atoms with Gasteiger partial charge in [0.2, 0.25) is 5.95 Å². The summed E-state index contributed by atoms with van der Waals surface area (Å²) in [4.78, 5) is 26.4. The van der Waals surface area contributed by atoms with Gasteiger partial charge in [0.05, 0.1) is 17.6 Å². The molecule has 0 saturated heterocycles. The minimum atomic E-state index is 0.0282. The monoisotopic (exact) mass is 411 g/mol. The molecule has 6 nitrogen and oxygen atoms in total. The normalized spacial score (nSPS) is 10.9. The maximum Gasteiger partial charge on any atom is 0.227 e. The number of imidazole rings is 1. The molecule has 0 unspecified atom stereocenters. The lowest BCUT2D eigenvalue weighted by Gasteiger charge is -2.15. The van der Waals surface area contributed by atoms with E-state index in [2.05, 4.69) is 20.3 Å². The first-order chi connectivity index (χ1) is 15.1. The molecule has 31 heavy (non-hydrogen) atoms. The number of carbonyl (C=O) groups excluding carboxylic acids is 1. The van der Waals surface area contributed by atoms with Crippen LogP contribution in [-0.4, -0.2) is 25.3 Å². The zero-order valence-corrected chi connectivity index (χ0v) is 17.7. The van der Waals surface area contributed by atoms with Crippen LogP contribution in [0, 0.1) is 0 Å². The highest BCUT2D eigenvalue weighted by atomic mass is 16.1. The smallest absolute Gasteiger partial charge is 0.227 e. The molecule has 0 radical (unpaired) electrons. The lowest BCUT2D eigenvalue weighted by atomic mass is 10.1. The molecular formula is C25H25N5O. The summed E-state index contributed by atoms with van der Waals surface area (Å²) in [6, 6.07) is 21.7. The number of nitrogens with one attached hydrogen (secondary N) is 1. The Morgan fingerprint density at radius 3 is 2.39 bits per heavy atom. The van der Waals surface area contributed by atoms with Gasteiger partial charge in [0, 0.05) is 24.3 Å². The second-order valence-corrected chi connectivity index (χ2v) is 7.60. The van der Waals surface area contributed by atoms with Crippen molar-refractivity contribution < 1.29 is 4.79 Å². The third kappa shape index (κ3) is 4.86. The van der Waals surface area contributed by atoms with Gasteiger partial charge in [-0.15, -0.1) is 0 Å². The lowest BCUT2D eigenvalue weighted by Crippen LogP contribution is -2.14. The first-order valence-electron chi connectivity index (χ1n) is 10.4. The first kappa shape index (κ1) is 20.5. The van der Waals surface area contributed by atoms with Crippen LogP contribution in [0.2, 0.25) is 0 Å². The van der Waals surface area contributed by atoms with E-state index in [-0.39, 0.29) is 11.8 Å². The Kier molecular flexibility index (Phi) is 6.17. The van der Waals surface area contributed by atoms with Crippen LogP contribution in [0.5, 0.6) is 0 Å². The lowest BCUT2D eigenvalue weighted by molar-refractivity contribution is 0.0967. The maximum atomic E-state index is 13.0. The molecule has 0 bridgehead atoms. The van der Waals surface area contributed by atoms with E-state index >= 15 is 0 Å². The quantitative estimate of drug-likeness (QED) is 0.389. The number of anilines is 2. The summed E-state index contributed by atoms with van der Waals surface area (Å²) in [5.74, 6) is 0.995. The Bertz CT molecular complexity index is 1150. The van der Waals surface area contributed by atoms with Gasteiger partial charge in [0.25, 0.3) is 0 Å². The van der Waals surface area contributed by atoms with Crippen LogP contribution in [-0.2, 0) is 6.42 Å². The minimum Gasteiger partial charge on any atom is -0.324 e. The Balaban J connectivity index is 1.58. The van der Waals surface area contributed by atoms with E-state index in [0.29, 0.717) is 24.6 Å². The van der Waals surface area contributed by atoms with E-state index in [9.17, 15) is 4.79 Å². The van der Waals surface area contributed by atoms with Crippen LogP contribution < -0.4 is 5.32 Å². The van der Waals surface area contributed by atoms with Gasteiger partial charge in [-0.25, -0.2) is 15.0 Å². The summed E-state index contributed by atoms with van der Waals surface area (Å²) < 4.78 is 1.96. The van der Waals surface area contributed by atoms with Crippen molar-refractivity contribution in [2.24, 2.45) is 0 Å². The van der Waals surface area contributed by atoms with Crippen molar-refractivity contribution in [1.29, 1.82) is 0 Å². The molecule has 0 amide bonds. The molecule has 4 aromatic rings. The van der Waals surface area contributed by atoms with Crippen molar-refractivity contribution in [2.75, 3.05) is 5.32 Å². The number of aryl methyl sites for hydroxylation is 1. The Labute approximate surface area is 182 Å². The molecular weight excluding hydrogens is 386 g/mol. The van der Waals surface area contributed by atoms with Gasteiger partial charge in [-0.05, 0) is 44.0 Å². The van der Waals surface area contributed by atoms with E-state index in [4.69, 9.17) is 0 Å². The largest absolute Gasteiger partial charge is 0.324 e. The number of aromatic nitrogens is 4. The molecule has 2 aromatic carbocycles. The zero-order chi connectivity index (χ0) is 21.6. The topological polar surface area (TPSA) is 72.7 Å². The summed E-state index contributed by atoms with van der Waals surface area (Å²) in [5.41, 5.74) is 3.58. The first-order valence-corrected chi connectivity index (χ1v) is 10.4. The molecule has 0 aliphatic carbocycles. The van der Waals surface area contributed by atoms with E-state index in [0.717, 1.165) is 22.6 Å². The maximum absolute atomic E-state index is 13.0. The Hall–Kier alpha value is -3.80. The number of ketones is 1. The summed E-state index contributed by atoms with van der Waals surface area (Å²) in [6.07, 6.45) is 4.54. The van der Waals surface area contributed by atoms with Crippen molar-refractivity contribution in [3.63, 3.8) is 0 Å². The molecule has 4 rings (SSSR count). The van der Waals surface area contributed by atoms with Crippen LogP contribution in [0.1, 0.15) is 42.5 Å². The van der Waals surface area contributed by atoms with Crippen molar-refractivity contribution >= 4 is 17.4 Å². The number of benzene rings is 2. The summed E-state index contributed by atoms with van der Waals surface area (Å²) >= 11 is 0. The summed E-state index contributed by atoms with van der Waals surface area (Å²) in [7, 11) is 0. The second kappa shape index (κ2) is 9.34. The molecule has 0 atom stereocenters. The van der Waals surface area contributed by atoms with Gasteiger partial charge < -0.3 is 9.88 Å². The molecule has 0 fully saturated rings. The molecule has 2 heterocycles. The number of hydrogen-bond acceptors (Lipinski definition) is 5. The molecule has 1 N–H and O–H groups in total. The molecule has 0 saturated carbocycles. The molecule has 156 valence electrons. The molecule has 0 spiro atoms. The minimum absolute atomic E-state index is 0.0282. The predicted octanol–water partition coefficient (Wildman–Crippen LogP) is 5.48. The van der Waals surface area contributed by atoms with E-state index in [1.807, 2.05) is 85.1 Å². The standard InChI is InChI=1S/C25H25N5O/c1-18(2)30-22(17-27-24(30)23(31)14-13-19-9-5-3-6-10-19)21-15-16-26-25(29-21)28-20-11-7-4-8-12-20/h3-12,15-18H,13-14H2,1-2H3,(H,26,28,29). The summed E-state index contributed by atoms with van der Waals surface area (Å²) in [6.45, 7) is 4.09. The number of carbonyl (C=O) groups is 1. The van der Waals surface area contributed by atoms with E-state index < -0.39 is 0 Å². The summed E-state index contributed by atoms with van der Waals surface area (Å²) in [5, 5.41) is 3.21. The van der Waals surface area contributed by atoms with Crippen LogP contribution in [0.3, 0.4) is 0 Å². The van der Waals surface area contributed by atoms with Gasteiger partial charge in [-0.1, -0.05) is 48.5 Å². The van der Waals surface area contributed by atoms with Crippen LogP contribution in [0.15, 0.2) is 79.1 Å². The SMILES string of the molecule is CC(C)n1c(-c2ccnc(Nc3ccccc3)n2)cnc1C(=O)CCc1ccccc1. The highest BCUT2D eigenvalue weighted by Gasteiger charge is 2.20. The number of Topliss-reactive ketones (excluding diaryl/α,β-unsaturated/α-hetero) is 1. The van der Waals surface area contributed by atoms with Crippen molar-refractivity contribution in [2.45, 2.75) is 32.7 Å². The van der Waals surface area contributed by atoms with Gasteiger partial charge >= 0.3 is 0 Å². The Morgan fingerprint density at radius 1 is 0.968 bits per heavy atom. The van der Waals surface area contributed by atoms with Crippen LogP contribution in [0.4, 0.5) is 11.6 Å². The van der Waals surface area contributed by atoms with Gasteiger partial charge in [-0.3, -0.25) is 4.79 Å². The third-order valence-corrected chi connectivity index (χ3v) is 4.99. The Morgan fingerprint density at radius 2 is 1.68 bits per heavy atom. The highest BCUT2D eigenvalue weighted by Crippen LogP contribution is 2.25. The van der Waals surface area contributed by atoms with Crippen molar-refractivity contribution in [3.05, 3.63) is 90.5 Å². The fourth-order valence-corrected chi connectivity index (χ4v) is 3.51.